The van der Waals surface area contributed by atoms with Crippen LogP contribution in [0.25, 0.3) is 16.7 Å². The topological polar surface area (TPSA) is 94.4 Å². The van der Waals surface area contributed by atoms with Crippen molar-refractivity contribution in [3.05, 3.63) is 66.7 Å². The maximum absolute atomic E-state index is 11.7. The largest absolute Gasteiger partial charge is 0.489 e. The van der Waals surface area contributed by atoms with Crippen LogP contribution in [0.5, 0.6) is 5.75 Å². The molecule has 0 bridgehead atoms. The molecule has 0 atom stereocenters. The first-order valence-electron chi connectivity index (χ1n) is 12.4. The molecule has 0 saturated carbocycles. The normalized spacial score (nSPS) is 14.1. The maximum Gasteiger partial charge on any atom is 0.411 e. The Bertz CT molecular complexity index is 1310. The van der Waals surface area contributed by atoms with E-state index in [1.807, 2.05) is 59.6 Å². The van der Waals surface area contributed by atoms with E-state index in [4.69, 9.17) is 9.47 Å². The summed E-state index contributed by atoms with van der Waals surface area (Å²) >= 11 is 0. The summed E-state index contributed by atoms with van der Waals surface area (Å²) in [5.74, 6) is 2.35. The van der Waals surface area contributed by atoms with Crippen LogP contribution in [-0.4, -0.2) is 51.4 Å². The predicted molar refractivity (Wildman–Crippen MR) is 139 cm³/mol. The van der Waals surface area contributed by atoms with E-state index in [1.54, 1.807) is 13.1 Å². The number of nitrogens with one attached hydrogen (secondary N) is 1. The van der Waals surface area contributed by atoms with Gasteiger partial charge < -0.3 is 18.9 Å². The highest BCUT2D eigenvalue weighted by molar-refractivity contribution is 5.90. The first-order chi connectivity index (χ1) is 17.6. The molecule has 0 radical (unpaired) electrons. The van der Waals surface area contributed by atoms with Crippen LogP contribution >= 0.6 is 0 Å². The number of hydrogen-bond donors (Lipinski definition) is 1. The zero-order chi connectivity index (χ0) is 24.9. The summed E-state index contributed by atoms with van der Waals surface area (Å²) in [5.41, 5.74) is 2.83. The van der Waals surface area contributed by atoms with Gasteiger partial charge >= 0.3 is 6.09 Å². The summed E-state index contributed by atoms with van der Waals surface area (Å²) in [6, 6.07) is 11.6. The van der Waals surface area contributed by atoms with Crippen molar-refractivity contribution in [2.45, 2.75) is 39.2 Å². The number of carbonyl (C=O) groups excluding carboxylic acids is 1. The number of anilines is 2. The van der Waals surface area contributed by atoms with E-state index in [1.165, 1.54) is 0 Å². The number of pyridine rings is 1. The lowest BCUT2D eigenvalue weighted by Crippen LogP contribution is -2.39. The Morgan fingerprint density at radius 2 is 1.83 bits per heavy atom. The number of carbonyl (C=O) groups is 1. The fourth-order valence-electron chi connectivity index (χ4n) is 4.35. The molecule has 1 aliphatic heterocycles. The van der Waals surface area contributed by atoms with Crippen LogP contribution in [0.4, 0.5) is 16.4 Å². The van der Waals surface area contributed by atoms with Crippen molar-refractivity contribution in [3.63, 3.8) is 0 Å². The summed E-state index contributed by atoms with van der Waals surface area (Å²) in [6.07, 6.45) is 10.00. The lowest BCUT2D eigenvalue weighted by molar-refractivity contribution is 0.168. The highest BCUT2D eigenvalue weighted by Gasteiger charge is 2.22. The molecule has 0 spiro atoms. The Kier molecular flexibility index (Phi) is 6.97. The molecule has 1 saturated heterocycles. The highest BCUT2D eigenvalue weighted by atomic mass is 16.5. The van der Waals surface area contributed by atoms with Crippen molar-refractivity contribution in [2.75, 3.05) is 29.9 Å². The number of ether oxygens (including phenoxy) is 2. The second-order valence-electron chi connectivity index (χ2n) is 8.71. The molecule has 1 aliphatic rings. The molecular weight excluding hydrogens is 456 g/mol. The number of aryl methyl sites for hydroxylation is 1. The third kappa shape index (κ3) is 5.25. The Morgan fingerprint density at radius 3 is 2.53 bits per heavy atom. The monoisotopic (exact) mass is 486 g/mol. The zero-order valence-corrected chi connectivity index (χ0v) is 20.6. The zero-order valence-electron chi connectivity index (χ0n) is 20.6. The Labute approximate surface area is 210 Å². The van der Waals surface area contributed by atoms with Crippen LogP contribution in [0.3, 0.4) is 0 Å². The predicted octanol–water partition coefficient (Wildman–Crippen LogP) is 4.99. The van der Waals surface area contributed by atoms with Gasteiger partial charge in [-0.25, -0.2) is 19.7 Å². The summed E-state index contributed by atoms with van der Waals surface area (Å²) in [5, 5.41) is 3.73. The maximum atomic E-state index is 11.7. The van der Waals surface area contributed by atoms with Gasteiger partial charge in [-0.15, -0.1) is 0 Å². The van der Waals surface area contributed by atoms with Crippen LogP contribution in [0.15, 0.2) is 61.2 Å². The minimum absolute atomic E-state index is 0.140. The van der Waals surface area contributed by atoms with E-state index in [-0.39, 0.29) is 6.10 Å². The number of nitrogens with zero attached hydrogens (tertiary/aromatic N) is 5. The van der Waals surface area contributed by atoms with Gasteiger partial charge in [0.15, 0.2) is 0 Å². The first kappa shape index (κ1) is 23.6. The number of piperidine rings is 1. The summed E-state index contributed by atoms with van der Waals surface area (Å²) in [7, 11) is 0. The second kappa shape index (κ2) is 10.6. The van der Waals surface area contributed by atoms with Crippen LogP contribution in [0.2, 0.25) is 0 Å². The van der Waals surface area contributed by atoms with Gasteiger partial charge in [0.2, 0.25) is 5.95 Å². The molecule has 1 amide bonds. The lowest BCUT2D eigenvalue weighted by Gasteiger charge is -2.32. The number of fused-ring (bicyclic) bond motifs is 1. The fraction of sp³-hybridized carbons (Fsp3) is 0.333. The van der Waals surface area contributed by atoms with Gasteiger partial charge in [-0.3, -0.25) is 5.32 Å². The average molecular weight is 487 g/mol. The molecule has 186 valence electrons. The van der Waals surface area contributed by atoms with Gasteiger partial charge in [0.05, 0.1) is 18.3 Å². The lowest BCUT2D eigenvalue weighted by atomic mass is 10.1. The average Bonchev–Trinajstić information content (AvgIpc) is 3.33. The van der Waals surface area contributed by atoms with Gasteiger partial charge in [0, 0.05) is 55.6 Å². The fourth-order valence-corrected chi connectivity index (χ4v) is 4.35. The third-order valence-corrected chi connectivity index (χ3v) is 6.31. The Hall–Kier alpha value is -4.14. The van der Waals surface area contributed by atoms with Crippen LogP contribution < -0.4 is 15.0 Å². The van der Waals surface area contributed by atoms with Gasteiger partial charge in [0.1, 0.15) is 17.7 Å². The van der Waals surface area contributed by atoms with Crippen LogP contribution in [0, 0.1) is 0 Å². The molecule has 3 aromatic heterocycles. The molecule has 36 heavy (non-hydrogen) atoms. The molecule has 4 heterocycles. The third-order valence-electron chi connectivity index (χ3n) is 6.31. The van der Waals surface area contributed by atoms with Gasteiger partial charge in [-0.1, -0.05) is 6.92 Å². The van der Waals surface area contributed by atoms with E-state index in [2.05, 4.69) is 32.1 Å². The summed E-state index contributed by atoms with van der Waals surface area (Å²) in [4.78, 5) is 27.5. The number of hydrogen-bond acceptors (Lipinski definition) is 7. The molecule has 0 aliphatic carbocycles. The molecule has 4 aromatic rings. The molecule has 1 fully saturated rings. The minimum atomic E-state index is -0.460. The highest BCUT2D eigenvalue weighted by Crippen LogP contribution is 2.25. The standard InChI is InChI=1S/C27H30N6O3/c1-3-19-16-29-26(30-17-19)32-12-10-22(11-13-32)36-23-6-8-25(28-18-23)33-14-9-20-15-21(5-7-24(20)33)31-27(34)35-4-2/h5-9,14-18,22H,3-4,10-13H2,1-2H3,(H,31,34). The van der Waals surface area contributed by atoms with Crippen molar-refractivity contribution in [1.29, 1.82) is 0 Å². The van der Waals surface area contributed by atoms with Crippen molar-refractivity contribution in [1.82, 2.24) is 19.5 Å². The van der Waals surface area contributed by atoms with Crippen LogP contribution in [0.1, 0.15) is 32.3 Å². The molecule has 1 N–H and O–H groups in total. The molecule has 9 nitrogen and oxygen atoms in total. The first-order valence-corrected chi connectivity index (χ1v) is 12.4. The van der Waals surface area contributed by atoms with E-state index in [9.17, 15) is 4.79 Å². The number of aromatic nitrogens is 4. The van der Waals surface area contributed by atoms with E-state index in [0.717, 1.165) is 66.3 Å². The summed E-state index contributed by atoms with van der Waals surface area (Å²) in [6.45, 7) is 5.94. The second-order valence-corrected chi connectivity index (χ2v) is 8.71. The van der Waals surface area contributed by atoms with E-state index < -0.39 is 6.09 Å². The van der Waals surface area contributed by atoms with Crippen molar-refractivity contribution < 1.29 is 14.3 Å². The SMILES string of the molecule is CCOC(=O)Nc1ccc2c(ccn2-c2ccc(OC3CCN(c4ncc(CC)cn4)CC3)cn2)c1. The quantitative estimate of drug-likeness (QED) is 0.393. The Balaban J connectivity index is 1.19. The smallest absolute Gasteiger partial charge is 0.411 e. The van der Waals surface area contributed by atoms with E-state index in [0.29, 0.717) is 12.3 Å². The minimum Gasteiger partial charge on any atom is -0.489 e. The number of rotatable bonds is 7. The molecule has 5 rings (SSSR count). The molecular formula is C27H30N6O3. The number of amides is 1. The van der Waals surface area contributed by atoms with Crippen LogP contribution in [-0.2, 0) is 11.2 Å². The Morgan fingerprint density at radius 1 is 1.03 bits per heavy atom. The summed E-state index contributed by atoms with van der Waals surface area (Å²) < 4.78 is 13.2. The molecule has 9 heteroatoms. The van der Waals surface area contributed by atoms with Gasteiger partial charge in [0.25, 0.3) is 0 Å². The number of benzene rings is 1. The van der Waals surface area contributed by atoms with Gasteiger partial charge in [-0.2, -0.15) is 0 Å². The molecule has 0 unspecified atom stereocenters. The van der Waals surface area contributed by atoms with Crippen molar-refractivity contribution >= 4 is 28.6 Å². The van der Waals surface area contributed by atoms with E-state index >= 15 is 0 Å². The molecule has 1 aromatic carbocycles. The van der Waals surface area contributed by atoms with Gasteiger partial charge in [-0.05, 0) is 55.3 Å². The van der Waals surface area contributed by atoms with Crippen molar-refractivity contribution in [3.8, 4) is 11.6 Å². The van der Waals surface area contributed by atoms with Crippen molar-refractivity contribution in [2.24, 2.45) is 0 Å².